The normalized spacial score (nSPS) is 15.6. The van der Waals surface area contributed by atoms with Crippen LogP contribution >= 0.6 is 11.6 Å². The lowest BCUT2D eigenvalue weighted by molar-refractivity contribution is 0.206. The molecule has 3 aromatic carbocycles. The van der Waals surface area contributed by atoms with E-state index in [1.54, 1.807) is 16.4 Å². The largest absolute Gasteiger partial charge is 0.299 e. The number of anilines is 1. The number of halogens is 1. The van der Waals surface area contributed by atoms with E-state index in [4.69, 9.17) is 11.6 Å². The monoisotopic (exact) mass is 468 g/mol. The van der Waals surface area contributed by atoms with Crippen molar-refractivity contribution in [2.45, 2.75) is 44.2 Å². The number of rotatable bonds is 6. The predicted octanol–water partition coefficient (Wildman–Crippen LogP) is 5.82. The smallest absolute Gasteiger partial charge is 0.264 e. The lowest BCUT2D eigenvalue weighted by atomic mass is 10.0. The van der Waals surface area contributed by atoms with Gasteiger partial charge in [-0.1, -0.05) is 59.6 Å². The number of nitrogens with zero attached hydrogens (tertiary/aromatic N) is 2. The second-order valence-corrected chi connectivity index (χ2v) is 10.8. The van der Waals surface area contributed by atoms with Gasteiger partial charge in [0.25, 0.3) is 10.0 Å². The second-order valence-electron chi connectivity index (χ2n) is 8.55. The fourth-order valence-electron chi connectivity index (χ4n) is 4.31. The Kier molecular flexibility index (Phi) is 6.89. The number of benzene rings is 3. The van der Waals surface area contributed by atoms with E-state index in [1.807, 2.05) is 68.4 Å². The summed E-state index contributed by atoms with van der Waals surface area (Å²) in [6.07, 6.45) is 1.53. The maximum absolute atomic E-state index is 13.8. The Labute approximate surface area is 196 Å². The summed E-state index contributed by atoms with van der Waals surface area (Å²) in [7, 11) is -3.68. The van der Waals surface area contributed by atoms with Crippen LogP contribution in [0.1, 0.15) is 29.5 Å². The van der Waals surface area contributed by atoms with Crippen molar-refractivity contribution in [1.82, 2.24) is 4.90 Å². The van der Waals surface area contributed by atoms with Gasteiger partial charge in [-0.05, 0) is 68.1 Å². The maximum atomic E-state index is 13.8. The third-order valence-electron chi connectivity index (χ3n) is 6.08. The summed E-state index contributed by atoms with van der Waals surface area (Å²) in [6.45, 7) is 6.35. The first-order chi connectivity index (χ1) is 15.3. The number of aryl methyl sites for hydroxylation is 2. The van der Waals surface area contributed by atoms with E-state index >= 15 is 0 Å². The van der Waals surface area contributed by atoms with E-state index in [0.29, 0.717) is 4.90 Å². The van der Waals surface area contributed by atoms with E-state index in [0.717, 1.165) is 59.9 Å². The van der Waals surface area contributed by atoms with Gasteiger partial charge >= 0.3 is 0 Å². The number of sulfonamides is 1. The molecule has 0 N–H and O–H groups in total. The lowest BCUT2D eigenvalue weighted by Gasteiger charge is -2.39. The highest BCUT2D eigenvalue weighted by atomic mass is 35.5. The average Bonchev–Trinajstić information content (AvgIpc) is 2.78. The molecule has 32 heavy (non-hydrogen) atoms. The van der Waals surface area contributed by atoms with Gasteiger partial charge in [0.2, 0.25) is 0 Å². The van der Waals surface area contributed by atoms with Gasteiger partial charge in [0.15, 0.2) is 0 Å². The molecule has 0 saturated carbocycles. The van der Waals surface area contributed by atoms with Crippen LogP contribution in [0.5, 0.6) is 0 Å². The average molecular weight is 469 g/mol. The molecule has 0 amide bonds. The van der Waals surface area contributed by atoms with Gasteiger partial charge in [0.05, 0.1) is 10.6 Å². The molecule has 0 aliphatic carbocycles. The molecular weight excluding hydrogens is 440 g/mol. The highest BCUT2D eigenvalue weighted by Gasteiger charge is 2.34. The van der Waals surface area contributed by atoms with Crippen molar-refractivity contribution in [3.63, 3.8) is 0 Å². The summed E-state index contributed by atoms with van der Waals surface area (Å²) in [5, 5.41) is 0.776. The zero-order valence-electron chi connectivity index (χ0n) is 18.5. The number of hydrogen-bond donors (Lipinski definition) is 0. The Bertz CT molecular complexity index is 1170. The third-order valence-corrected chi connectivity index (χ3v) is 8.32. The Balaban J connectivity index is 1.59. The number of likely N-dealkylation sites (tertiary alicyclic amines) is 1. The van der Waals surface area contributed by atoms with Crippen molar-refractivity contribution in [2.75, 3.05) is 17.4 Å². The van der Waals surface area contributed by atoms with Gasteiger partial charge in [0.1, 0.15) is 0 Å². The Morgan fingerprint density at radius 2 is 1.59 bits per heavy atom. The molecule has 0 unspecified atom stereocenters. The molecule has 0 aromatic heterocycles. The Hall–Kier alpha value is -2.34. The van der Waals surface area contributed by atoms with Crippen molar-refractivity contribution in [2.24, 2.45) is 0 Å². The first kappa shape index (κ1) is 22.8. The molecule has 0 bridgehead atoms. The summed E-state index contributed by atoms with van der Waals surface area (Å²) in [5.41, 5.74) is 3.87. The molecule has 1 saturated heterocycles. The molecule has 3 aromatic rings. The zero-order chi connectivity index (χ0) is 22.7. The third kappa shape index (κ3) is 5.01. The van der Waals surface area contributed by atoms with Crippen LogP contribution in [0.15, 0.2) is 77.7 Å². The quantitative estimate of drug-likeness (QED) is 0.458. The second kappa shape index (κ2) is 9.65. The van der Waals surface area contributed by atoms with Crippen LogP contribution in [-0.2, 0) is 16.6 Å². The molecule has 0 spiro atoms. The zero-order valence-corrected chi connectivity index (χ0v) is 20.1. The molecule has 6 heteroatoms. The van der Waals surface area contributed by atoms with Gasteiger partial charge in [-0.25, -0.2) is 8.42 Å². The van der Waals surface area contributed by atoms with Crippen LogP contribution in [-0.4, -0.2) is 32.4 Å². The van der Waals surface area contributed by atoms with E-state index in [2.05, 4.69) is 11.0 Å². The summed E-state index contributed by atoms with van der Waals surface area (Å²) in [5.74, 6) is 0. The van der Waals surface area contributed by atoms with Crippen molar-refractivity contribution >= 4 is 27.3 Å². The van der Waals surface area contributed by atoms with Crippen molar-refractivity contribution in [1.29, 1.82) is 0 Å². The van der Waals surface area contributed by atoms with Gasteiger partial charge < -0.3 is 0 Å². The van der Waals surface area contributed by atoms with E-state index in [-0.39, 0.29) is 6.04 Å². The Morgan fingerprint density at radius 1 is 0.906 bits per heavy atom. The number of piperidine rings is 1. The van der Waals surface area contributed by atoms with Crippen LogP contribution in [0, 0.1) is 13.8 Å². The highest BCUT2D eigenvalue weighted by Crippen LogP contribution is 2.31. The van der Waals surface area contributed by atoms with Crippen molar-refractivity contribution < 1.29 is 8.42 Å². The molecule has 1 heterocycles. The van der Waals surface area contributed by atoms with Crippen LogP contribution in [0.25, 0.3) is 0 Å². The summed E-state index contributed by atoms with van der Waals surface area (Å²) >= 11 is 6.34. The molecule has 1 fully saturated rings. The van der Waals surface area contributed by atoms with Gasteiger partial charge in [-0.3, -0.25) is 9.21 Å². The van der Waals surface area contributed by atoms with E-state index < -0.39 is 10.0 Å². The molecule has 4 rings (SSSR count). The summed E-state index contributed by atoms with van der Waals surface area (Å²) in [4.78, 5) is 2.70. The van der Waals surface area contributed by atoms with Crippen LogP contribution < -0.4 is 4.31 Å². The van der Waals surface area contributed by atoms with E-state index in [1.165, 1.54) is 0 Å². The van der Waals surface area contributed by atoms with Crippen molar-refractivity contribution in [3.05, 3.63) is 94.5 Å². The lowest BCUT2D eigenvalue weighted by Crippen LogP contribution is -2.47. The predicted molar refractivity (Wildman–Crippen MR) is 132 cm³/mol. The Morgan fingerprint density at radius 3 is 2.25 bits per heavy atom. The molecule has 0 atom stereocenters. The van der Waals surface area contributed by atoms with E-state index in [9.17, 15) is 8.42 Å². The SMILES string of the molecule is Cc1ccc(N(C2CCN(Cc3ccccc3Cl)CC2)S(=O)(=O)c2cccc(C)c2)cc1. The topological polar surface area (TPSA) is 40.6 Å². The highest BCUT2D eigenvalue weighted by molar-refractivity contribution is 7.92. The summed E-state index contributed by atoms with van der Waals surface area (Å²) in [6, 6.07) is 22.8. The standard InChI is InChI=1S/C26H29ClN2O2S/c1-20-10-12-23(13-11-20)29(32(30,31)25-8-5-6-21(2)18-25)24-14-16-28(17-15-24)19-22-7-3-4-9-26(22)27/h3-13,18,24H,14-17,19H2,1-2H3. The van der Waals surface area contributed by atoms with Gasteiger partial charge in [-0.15, -0.1) is 0 Å². The van der Waals surface area contributed by atoms with Crippen LogP contribution in [0.4, 0.5) is 5.69 Å². The van der Waals surface area contributed by atoms with Crippen LogP contribution in [0.3, 0.4) is 0 Å². The molecule has 168 valence electrons. The maximum Gasteiger partial charge on any atom is 0.264 e. The minimum Gasteiger partial charge on any atom is -0.299 e. The number of hydrogen-bond acceptors (Lipinski definition) is 3. The molecule has 4 nitrogen and oxygen atoms in total. The molecule has 1 aliphatic heterocycles. The van der Waals surface area contributed by atoms with Gasteiger partial charge in [-0.2, -0.15) is 0 Å². The van der Waals surface area contributed by atoms with Gasteiger partial charge in [0, 0.05) is 30.7 Å². The first-order valence-corrected chi connectivity index (χ1v) is 12.8. The fourth-order valence-corrected chi connectivity index (χ4v) is 6.32. The van der Waals surface area contributed by atoms with Crippen LogP contribution in [0.2, 0.25) is 5.02 Å². The fraction of sp³-hybridized carbons (Fsp3) is 0.308. The minimum atomic E-state index is -3.68. The summed E-state index contributed by atoms with van der Waals surface area (Å²) < 4.78 is 29.2. The molecule has 0 radical (unpaired) electrons. The molecular formula is C26H29ClN2O2S. The minimum absolute atomic E-state index is 0.0919. The first-order valence-electron chi connectivity index (χ1n) is 11.0. The van der Waals surface area contributed by atoms with Crippen molar-refractivity contribution in [3.8, 4) is 0 Å². The molecule has 1 aliphatic rings.